The summed E-state index contributed by atoms with van der Waals surface area (Å²) in [6.45, 7) is 0. The number of hydrogen-bond donors (Lipinski definition) is 1. The van der Waals surface area contributed by atoms with E-state index in [0.29, 0.717) is 0 Å². The zero-order valence-electron chi connectivity index (χ0n) is 13.3. The van der Waals surface area contributed by atoms with E-state index in [4.69, 9.17) is 5.11 Å². The van der Waals surface area contributed by atoms with Crippen molar-refractivity contribution in [1.29, 1.82) is 0 Å². The molecule has 0 saturated heterocycles. The molecule has 0 radical (unpaired) electrons. The van der Waals surface area contributed by atoms with Crippen molar-refractivity contribution >= 4 is 35.9 Å². The van der Waals surface area contributed by atoms with Gasteiger partial charge in [0.05, 0.1) is 23.1 Å². The van der Waals surface area contributed by atoms with Crippen LogP contribution in [-0.4, -0.2) is 44.5 Å². The van der Waals surface area contributed by atoms with Crippen molar-refractivity contribution in [3.63, 3.8) is 0 Å². The fourth-order valence-electron chi connectivity index (χ4n) is 2.86. The first-order valence-electron chi connectivity index (χ1n) is 7.90. The molecule has 2 aromatic carbocycles. The average molecular weight is 337 g/mol. The van der Waals surface area contributed by atoms with E-state index >= 15 is 0 Å². The number of rotatable bonds is 4. The molecule has 6 heteroatoms. The molecule has 0 aliphatic rings. The third-order valence-electron chi connectivity index (χ3n) is 4.08. The van der Waals surface area contributed by atoms with Crippen LogP contribution in [0.1, 0.15) is 5.56 Å². The standard InChI is InChI=1S/C20H15N3O2.Li.H/c24-20(25)11-14-4-7-16(8-5-14)23-13-22-18-12-15(6-9-19(18)23)17-3-1-2-10-21-17;;/h1-10,12-13H,11H2,(H,24,25);;. The Morgan fingerprint density at radius 1 is 1.00 bits per heavy atom. The summed E-state index contributed by atoms with van der Waals surface area (Å²) in [6, 6.07) is 19.4. The Morgan fingerprint density at radius 2 is 1.81 bits per heavy atom. The van der Waals surface area contributed by atoms with E-state index in [2.05, 4.69) is 9.97 Å². The van der Waals surface area contributed by atoms with Crippen LogP contribution in [0.15, 0.2) is 73.2 Å². The topological polar surface area (TPSA) is 68.0 Å². The maximum absolute atomic E-state index is 10.8. The Balaban J connectivity index is 0.00000196. The first kappa shape index (κ1) is 17.9. The zero-order valence-corrected chi connectivity index (χ0v) is 13.3. The van der Waals surface area contributed by atoms with Crippen LogP contribution >= 0.6 is 0 Å². The fraction of sp³-hybridized carbons (Fsp3) is 0.0500. The molecule has 0 atom stereocenters. The summed E-state index contributed by atoms with van der Waals surface area (Å²) in [5.41, 5.74) is 5.54. The van der Waals surface area contributed by atoms with Gasteiger partial charge in [0, 0.05) is 17.4 Å². The second-order valence-electron chi connectivity index (χ2n) is 5.77. The van der Waals surface area contributed by atoms with Gasteiger partial charge in [0.1, 0.15) is 6.33 Å². The third-order valence-corrected chi connectivity index (χ3v) is 4.08. The second kappa shape index (κ2) is 7.57. The van der Waals surface area contributed by atoms with Crippen LogP contribution in [0.3, 0.4) is 0 Å². The molecule has 4 aromatic rings. The van der Waals surface area contributed by atoms with Crippen LogP contribution in [0, 0.1) is 0 Å². The van der Waals surface area contributed by atoms with Crippen molar-refractivity contribution in [3.05, 3.63) is 78.8 Å². The van der Waals surface area contributed by atoms with Gasteiger partial charge in [-0.25, -0.2) is 4.98 Å². The number of nitrogens with zero attached hydrogens (tertiary/aromatic N) is 3. The number of aromatic nitrogens is 3. The molecule has 2 heterocycles. The molecule has 0 unspecified atom stereocenters. The third kappa shape index (κ3) is 3.55. The van der Waals surface area contributed by atoms with Crippen molar-refractivity contribution in [2.45, 2.75) is 6.42 Å². The van der Waals surface area contributed by atoms with E-state index < -0.39 is 5.97 Å². The van der Waals surface area contributed by atoms with Crippen LogP contribution in [0.5, 0.6) is 0 Å². The van der Waals surface area contributed by atoms with Gasteiger partial charge in [0.15, 0.2) is 0 Å². The first-order valence-corrected chi connectivity index (χ1v) is 7.90. The zero-order chi connectivity index (χ0) is 17.2. The Bertz CT molecular complexity index is 1040. The van der Waals surface area contributed by atoms with E-state index in [0.717, 1.165) is 33.5 Å². The molecule has 0 fully saturated rings. The SMILES string of the molecule is O=C(O)Cc1ccc(-n2cnc3cc(-c4ccccn4)ccc32)cc1.[LiH]. The summed E-state index contributed by atoms with van der Waals surface area (Å²) in [5, 5.41) is 8.86. The molecule has 0 aliphatic heterocycles. The molecule has 0 amide bonds. The predicted octanol–water partition coefficient (Wildman–Crippen LogP) is 3.07. The fourth-order valence-corrected chi connectivity index (χ4v) is 2.86. The van der Waals surface area contributed by atoms with Crippen LogP contribution in [0.25, 0.3) is 28.0 Å². The predicted molar refractivity (Wildman–Crippen MR) is 103 cm³/mol. The van der Waals surface area contributed by atoms with E-state index in [9.17, 15) is 4.79 Å². The second-order valence-corrected chi connectivity index (χ2v) is 5.77. The number of carbonyl (C=O) groups is 1. The molecule has 0 saturated carbocycles. The molecule has 0 aliphatic carbocycles. The Kier molecular flexibility index (Phi) is 5.22. The van der Waals surface area contributed by atoms with Gasteiger partial charge in [-0.15, -0.1) is 0 Å². The molecule has 5 nitrogen and oxygen atoms in total. The summed E-state index contributed by atoms with van der Waals surface area (Å²) in [4.78, 5) is 19.7. The van der Waals surface area contributed by atoms with Crippen molar-refractivity contribution < 1.29 is 9.90 Å². The summed E-state index contributed by atoms with van der Waals surface area (Å²) < 4.78 is 1.99. The van der Waals surface area contributed by atoms with Crippen molar-refractivity contribution in [2.75, 3.05) is 0 Å². The van der Waals surface area contributed by atoms with E-state index in [-0.39, 0.29) is 25.3 Å². The first-order chi connectivity index (χ1) is 12.2. The molecule has 0 spiro atoms. The summed E-state index contributed by atoms with van der Waals surface area (Å²) >= 11 is 0. The molecule has 26 heavy (non-hydrogen) atoms. The number of benzene rings is 2. The normalized spacial score (nSPS) is 10.5. The molecule has 2 aromatic heterocycles. The quantitative estimate of drug-likeness (QED) is 0.581. The van der Waals surface area contributed by atoms with Gasteiger partial charge < -0.3 is 5.11 Å². The van der Waals surface area contributed by atoms with Crippen LogP contribution < -0.4 is 0 Å². The number of carboxylic acid groups (broad SMARTS) is 1. The van der Waals surface area contributed by atoms with Gasteiger partial charge in [-0.1, -0.05) is 24.3 Å². The minimum atomic E-state index is -0.831. The maximum atomic E-state index is 10.8. The Morgan fingerprint density at radius 3 is 2.50 bits per heavy atom. The summed E-state index contributed by atoms with van der Waals surface area (Å²) in [5.74, 6) is -0.831. The molecular formula is C20H16LiN3O2. The number of aliphatic carboxylic acids is 1. The Labute approximate surface area is 162 Å². The van der Waals surface area contributed by atoms with Gasteiger partial charge in [-0.3, -0.25) is 14.3 Å². The molecule has 124 valence electrons. The van der Waals surface area contributed by atoms with Crippen LogP contribution in [-0.2, 0) is 11.2 Å². The number of pyridine rings is 1. The van der Waals surface area contributed by atoms with Gasteiger partial charge in [0.2, 0.25) is 0 Å². The van der Waals surface area contributed by atoms with Crippen molar-refractivity contribution in [2.24, 2.45) is 0 Å². The summed E-state index contributed by atoms with van der Waals surface area (Å²) in [7, 11) is 0. The van der Waals surface area contributed by atoms with E-state index in [1.807, 2.05) is 65.2 Å². The van der Waals surface area contributed by atoms with Crippen LogP contribution in [0.4, 0.5) is 0 Å². The van der Waals surface area contributed by atoms with Gasteiger partial charge in [0.25, 0.3) is 0 Å². The molecule has 0 bridgehead atoms. The van der Waals surface area contributed by atoms with Crippen molar-refractivity contribution in [3.8, 4) is 16.9 Å². The van der Waals surface area contributed by atoms with E-state index in [1.165, 1.54) is 0 Å². The monoisotopic (exact) mass is 337 g/mol. The van der Waals surface area contributed by atoms with E-state index in [1.54, 1.807) is 12.5 Å². The number of imidazole rings is 1. The van der Waals surface area contributed by atoms with Gasteiger partial charge in [-0.05, 0) is 42.0 Å². The van der Waals surface area contributed by atoms with Crippen molar-refractivity contribution in [1.82, 2.24) is 14.5 Å². The number of carboxylic acids is 1. The van der Waals surface area contributed by atoms with Gasteiger partial charge in [-0.2, -0.15) is 0 Å². The number of fused-ring (bicyclic) bond motifs is 1. The van der Waals surface area contributed by atoms with Crippen LogP contribution in [0.2, 0.25) is 0 Å². The molecular weight excluding hydrogens is 321 g/mol. The molecule has 1 N–H and O–H groups in total. The Hall–Kier alpha value is -2.87. The van der Waals surface area contributed by atoms with Gasteiger partial charge >= 0.3 is 24.8 Å². The average Bonchev–Trinajstić information content (AvgIpc) is 3.06. The minimum absolute atomic E-state index is 0. The number of hydrogen-bond acceptors (Lipinski definition) is 3. The molecule has 4 rings (SSSR count). The summed E-state index contributed by atoms with van der Waals surface area (Å²) in [6.07, 6.45) is 3.58.